The highest BCUT2D eigenvalue weighted by Gasteiger charge is 2.60. The van der Waals surface area contributed by atoms with Gasteiger partial charge >= 0.3 is 24.1 Å². The van der Waals surface area contributed by atoms with Crippen LogP contribution in [0.4, 0.5) is 15.4 Å². The van der Waals surface area contributed by atoms with Crippen LogP contribution in [0.25, 0.3) is 5.52 Å². The summed E-state index contributed by atoms with van der Waals surface area (Å²) in [7, 11) is 0. The SMILES string of the molecule is CCN(CC)C(=O)Nc1ncnn2c([C@]3(C#N)O[C@H](COC(=O)CC4CCCCC4)[C@@H](OC(=O)[C@@H](NC(=O)OC(C)(C)C)C(C)C)[C@H]3O)ccc12. The zero-order valence-corrected chi connectivity index (χ0v) is 30.5. The lowest BCUT2D eigenvalue weighted by molar-refractivity contribution is -0.163. The molecule has 3 N–H and O–H groups in total. The van der Waals surface area contributed by atoms with Crippen LogP contribution >= 0.6 is 0 Å². The van der Waals surface area contributed by atoms with E-state index >= 15 is 0 Å². The summed E-state index contributed by atoms with van der Waals surface area (Å²) in [5.74, 6) is -1.51. The minimum Gasteiger partial charge on any atom is -0.463 e. The number of hydrogen-bond acceptors (Lipinski definition) is 12. The third-order valence-electron chi connectivity index (χ3n) is 9.14. The van der Waals surface area contributed by atoms with E-state index in [0.717, 1.165) is 32.1 Å². The fraction of sp³-hybridized carbons (Fsp3) is 0.686. The molecule has 1 saturated carbocycles. The first kappa shape index (κ1) is 39.3. The fourth-order valence-electron chi connectivity index (χ4n) is 6.44. The van der Waals surface area contributed by atoms with E-state index in [1.807, 2.05) is 19.9 Å². The van der Waals surface area contributed by atoms with Gasteiger partial charge in [0.25, 0.3) is 0 Å². The summed E-state index contributed by atoms with van der Waals surface area (Å²) >= 11 is 0. The Balaban J connectivity index is 1.65. The van der Waals surface area contributed by atoms with Gasteiger partial charge in [-0.05, 0) is 71.4 Å². The zero-order chi connectivity index (χ0) is 37.5. The van der Waals surface area contributed by atoms with Gasteiger partial charge in [-0.3, -0.25) is 10.1 Å². The molecular weight excluding hydrogens is 662 g/mol. The topological polar surface area (TPSA) is 207 Å². The molecule has 1 saturated heterocycles. The van der Waals surface area contributed by atoms with Gasteiger partial charge in [-0.15, -0.1) is 0 Å². The van der Waals surface area contributed by atoms with E-state index in [9.17, 15) is 29.5 Å². The molecule has 2 fully saturated rings. The van der Waals surface area contributed by atoms with Crippen molar-refractivity contribution in [2.75, 3.05) is 25.0 Å². The fourth-order valence-corrected chi connectivity index (χ4v) is 6.44. The minimum atomic E-state index is -2.18. The van der Waals surface area contributed by atoms with Crippen molar-refractivity contribution in [1.29, 1.82) is 5.26 Å². The molecule has 4 rings (SSSR count). The van der Waals surface area contributed by atoms with Gasteiger partial charge in [-0.2, -0.15) is 10.4 Å². The Morgan fingerprint density at radius 1 is 1.16 bits per heavy atom. The van der Waals surface area contributed by atoms with Crippen LogP contribution in [0.3, 0.4) is 0 Å². The second-order valence-electron chi connectivity index (χ2n) is 14.3. The maximum absolute atomic E-state index is 13.7. The van der Waals surface area contributed by atoms with Gasteiger partial charge in [-0.25, -0.2) is 23.9 Å². The number of aliphatic hydroxyl groups is 1. The van der Waals surface area contributed by atoms with E-state index in [1.165, 1.54) is 16.9 Å². The maximum atomic E-state index is 13.7. The Bertz CT molecular complexity index is 1590. The summed E-state index contributed by atoms with van der Waals surface area (Å²) in [6, 6.07) is 3.50. The zero-order valence-electron chi connectivity index (χ0n) is 30.5. The number of nitrogens with one attached hydrogen (secondary N) is 2. The van der Waals surface area contributed by atoms with Crippen molar-refractivity contribution >= 4 is 35.4 Å². The molecule has 51 heavy (non-hydrogen) atoms. The van der Waals surface area contributed by atoms with E-state index in [2.05, 4.69) is 20.7 Å². The monoisotopic (exact) mass is 713 g/mol. The number of rotatable bonds is 12. The molecule has 1 aliphatic carbocycles. The van der Waals surface area contributed by atoms with Crippen LogP contribution in [0.2, 0.25) is 0 Å². The van der Waals surface area contributed by atoms with Crippen molar-refractivity contribution in [3.05, 3.63) is 24.2 Å². The summed E-state index contributed by atoms with van der Waals surface area (Å²) < 4.78 is 24.3. The number of aliphatic hydroxyl groups excluding tert-OH is 1. The van der Waals surface area contributed by atoms with Crippen LogP contribution in [0.5, 0.6) is 0 Å². The molecule has 2 aromatic rings. The summed E-state index contributed by atoms with van der Waals surface area (Å²) in [6.45, 7) is 12.6. The third-order valence-corrected chi connectivity index (χ3v) is 9.14. The van der Waals surface area contributed by atoms with E-state index in [-0.39, 0.29) is 23.9 Å². The highest BCUT2D eigenvalue weighted by atomic mass is 16.6. The van der Waals surface area contributed by atoms with Crippen LogP contribution in [0.1, 0.15) is 92.7 Å². The first-order chi connectivity index (χ1) is 24.1. The first-order valence-electron chi connectivity index (χ1n) is 17.7. The van der Waals surface area contributed by atoms with Crippen LogP contribution in [-0.2, 0) is 34.1 Å². The number of amides is 3. The Hall–Kier alpha value is -4.49. The number of esters is 2. The van der Waals surface area contributed by atoms with Crippen LogP contribution < -0.4 is 10.6 Å². The molecule has 0 unspecified atom stereocenters. The Kier molecular flexibility index (Phi) is 12.9. The summed E-state index contributed by atoms with van der Waals surface area (Å²) in [5.41, 5.74) is -2.66. The van der Waals surface area contributed by atoms with Crippen LogP contribution in [0, 0.1) is 23.2 Å². The molecule has 280 valence electrons. The smallest absolute Gasteiger partial charge is 0.408 e. The summed E-state index contributed by atoms with van der Waals surface area (Å²) in [5, 5.41) is 32.1. The molecule has 1 aliphatic heterocycles. The predicted molar refractivity (Wildman–Crippen MR) is 183 cm³/mol. The normalized spacial score (nSPS) is 22.9. The number of urea groups is 1. The number of hydrogen-bond donors (Lipinski definition) is 3. The van der Waals surface area contributed by atoms with Crippen molar-refractivity contribution in [3.63, 3.8) is 0 Å². The number of ether oxygens (including phenoxy) is 4. The van der Waals surface area contributed by atoms with Gasteiger partial charge in [0.2, 0.25) is 5.60 Å². The molecule has 0 spiro atoms. The number of anilines is 1. The van der Waals surface area contributed by atoms with Gasteiger partial charge in [0.1, 0.15) is 48.4 Å². The second kappa shape index (κ2) is 16.7. The Labute approximate surface area is 298 Å². The van der Waals surface area contributed by atoms with Crippen molar-refractivity contribution in [1.82, 2.24) is 24.8 Å². The van der Waals surface area contributed by atoms with Crippen molar-refractivity contribution < 1.29 is 43.2 Å². The summed E-state index contributed by atoms with van der Waals surface area (Å²) in [4.78, 5) is 57.8. The maximum Gasteiger partial charge on any atom is 0.408 e. The largest absolute Gasteiger partial charge is 0.463 e. The number of fused-ring (bicyclic) bond motifs is 1. The lowest BCUT2D eigenvalue weighted by Crippen LogP contribution is -2.50. The summed E-state index contributed by atoms with van der Waals surface area (Å²) in [6.07, 6.45) is 0.989. The molecule has 2 aromatic heterocycles. The number of carbonyl (C=O) groups excluding carboxylic acids is 4. The molecular formula is C35H51N7O9. The van der Waals surface area contributed by atoms with Crippen LogP contribution in [-0.4, -0.2) is 98.3 Å². The second-order valence-corrected chi connectivity index (χ2v) is 14.3. The molecule has 0 radical (unpaired) electrons. The average Bonchev–Trinajstić information content (AvgIpc) is 3.62. The molecule has 16 heteroatoms. The highest BCUT2D eigenvalue weighted by molar-refractivity contribution is 5.92. The highest BCUT2D eigenvalue weighted by Crippen LogP contribution is 2.42. The van der Waals surface area contributed by atoms with Crippen molar-refractivity contribution in [2.45, 2.75) is 123 Å². The number of nitrogens with zero attached hydrogens (tertiary/aromatic N) is 5. The molecule has 16 nitrogen and oxygen atoms in total. The van der Waals surface area contributed by atoms with E-state index in [0.29, 0.717) is 18.6 Å². The van der Waals surface area contributed by atoms with Gasteiger partial charge in [0.15, 0.2) is 11.9 Å². The molecule has 3 amide bonds. The lowest BCUT2D eigenvalue weighted by Gasteiger charge is -2.28. The first-order valence-corrected chi connectivity index (χ1v) is 17.7. The molecule has 0 aromatic carbocycles. The van der Waals surface area contributed by atoms with E-state index in [4.69, 9.17) is 18.9 Å². The molecule has 5 atom stereocenters. The number of nitriles is 1. The standard InChI is InChI=1S/C35H51N7O9/c1-8-41(9-2)32(46)40-30-23-15-16-25(42(23)38-20-37-30)35(19-36)29(44)28(24(50-35)18-48-26(43)17-22-13-11-10-12-14-22)49-31(45)27(21(3)4)39-33(47)51-34(5,6)7/h15-16,20-22,24,27-29,44H,8-14,17-18H2,1-7H3,(H,39,47)(H,37,38,40,46)/t24-,27+,28-,29-,35+/m1/s1. The Morgan fingerprint density at radius 2 is 1.84 bits per heavy atom. The predicted octanol–water partition coefficient (Wildman–Crippen LogP) is 4.06. The number of aromatic nitrogens is 3. The average molecular weight is 714 g/mol. The molecule has 2 aliphatic rings. The van der Waals surface area contributed by atoms with Crippen molar-refractivity contribution in [2.24, 2.45) is 11.8 Å². The molecule has 0 bridgehead atoms. The lowest BCUT2D eigenvalue weighted by atomic mass is 9.87. The van der Waals surface area contributed by atoms with Crippen LogP contribution in [0.15, 0.2) is 18.5 Å². The van der Waals surface area contributed by atoms with Gasteiger partial charge < -0.3 is 34.3 Å². The van der Waals surface area contributed by atoms with E-state index in [1.54, 1.807) is 45.6 Å². The number of carbonyl (C=O) groups is 4. The van der Waals surface area contributed by atoms with Gasteiger partial charge in [0.05, 0.1) is 5.69 Å². The van der Waals surface area contributed by atoms with Crippen molar-refractivity contribution in [3.8, 4) is 6.07 Å². The Morgan fingerprint density at radius 3 is 2.45 bits per heavy atom. The minimum absolute atomic E-state index is 0.0533. The third kappa shape index (κ3) is 9.25. The van der Waals surface area contributed by atoms with Gasteiger partial charge in [-0.1, -0.05) is 33.1 Å². The van der Waals surface area contributed by atoms with E-state index < -0.39 is 72.1 Å². The quantitative estimate of drug-likeness (QED) is 0.210. The molecule has 3 heterocycles. The number of alkyl carbamates (subject to hydrolysis) is 1. The van der Waals surface area contributed by atoms with Gasteiger partial charge in [0, 0.05) is 19.5 Å².